The Hall–Kier alpha value is -1.13. The number of nitrogens with zero attached hydrogens (tertiary/aromatic N) is 5. The van der Waals surface area contributed by atoms with Crippen molar-refractivity contribution in [3.63, 3.8) is 0 Å². The minimum absolute atomic E-state index is 0.375. The molecule has 0 bridgehead atoms. The molecule has 7 heteroatoms. The fraction of sp³-hybridized carbons (Fsp3) is 0.667. The Morgan fingerprint density at radius 3 is 3.23 bits per heavy atom. The van der Waals surface area contributed by atoms with Crippen LogP contribution in [0.3, 0.4) is 0 Å². The van der Waals surface area contributed by atoms with Crippen molar-refractivity contribution >= 4 is 11.8 Å². The van der Waals surface area contributed by atoms with Crippen molar-refractivity contribution in [1.82, 2.24) is 25.5 Å². The van der Waals surface area contributed by atoms with E-state index in [1.54, 1.807) is 4.68 Å². The molecule has 70 valence electrons. The summed E-state index contributed by atoms with van der Waals surface area (Å²) in [4.78, 5) is 0. The maximum atomic E-state index is 8.37. The summed E-state index contributed by atoms with van der Waals surface area (Å²) in [5.41, 5.74) is 0. The van der Waals surface area contributed by atoms with Crippen LogP contribution in [0.2, 0.25) is 0 Å². The van der Waals surface area contributed by atoms with Crippen LogP contribution in [0.4, 0.5) is 0 Å². The molecule has 1 heterocycles. The Labute approximate surface area is 80.3 Å². The first-order chi connectivity index (χ1) is 6.38. The van der Waals surface area contributed by atoms with Gasteiger partial charge in [-0.15, -0.1) is 5.10 Å². The lowest BCUT2D eigenvalue weighted by Crippen LogP contribution is -2.16. The van der Waals surface area contributed by atoms with E-state index in [4.69, 9.17) is 5.26 Å². The minimum atomic E-state index is 0.375. The van der Waals surface area contributed by atoms with E-state index in [0.717, 1.165) is 13.1 Å². The van der Waals surface area contributed by atoms with Crippen molar-refractivity contribution < 1.29 is 0 Å². The molecule has 0 aliphatic rings. The molecule has 0 fully saturated rings. The van der Waals surface area contributed by atoms with Gasteiger partial charge in [0.25, 0.3) is 0 Å². The number of tetrazole rings is 1. The van der Waals surface area contributed by atoms with Crippen LogP contribution < -0.4 is 5.32 Å². The summed E-state index contributed by atoms with van der Waals surface area (Å²) in [5.74, 6) is 0.375. The molecule has 1 aromatic heterocycles. The summed E-state index contributed by atoms with van der Waals surface area (Å²) in [7, 11) is 1.87. The molecule has 0 aliphatic heterocycles. The van der Waals surface area contributed by atoms with Crippen molar-refractivity contribution in [3.05, 3.63) is 0 Å². The average Bonchev–Trinajstić information content (AvgIpc) is 2.59. The maximum absolute atomic E-state index is 8.37. The largest absolute Gasteiger partial charge is 0.318 e. The van der Waals surface area contributed by atoms with Crippen LogP contribution in [-0.4, -0.2) is 39.6 Å². The van der Waals surface area contributed by atoms with Gasteiger partial charge in [0.15, 0.2) is 0 Å². The number of hydrogen-bond donors (Lipinski definition) is 1. The van der Waals surface area contributed by atoms with E-state index < -0.39 is 0 Å². The molecule has 0 aromatic carbocycles. The molecule has 0 spiro atoms. The normalized spacial score (nSPS) is 9.85. The van der Waals surface area contributed by atoms with Gasteiger partial charge < -0.3 is 5.32 Å². The standard InChI is InChI=1S/C6H10N6S/c1-8-3-4-12-6(9-10-11-12)13-5-2-7/h8H,3-5H2,1H3. The number of aromatic nitrogens is 4. The van der Waals surface area contributed by atoms with Gasteiger partial charge in [0.1, 0.15) is 0 Å². The van der Waals surface area contributed by atoms with Crippen LogP contribution >= 0.6 is 11.8 Å². The molecule has 0 amide bonds. The molecule has 1 rings (SSSR count). The van der Waals surface area contributed by atoms with Crippen molar-refractivity contribution in [1.29, 1.82) is 5.26 Å². The monoisotopic (exact) mass is 198 g/mol. The Morgan fingerprint density at radius 2 is 2.54 bits per heavy atom. The van der Waals surface area contributed by atoms with Gasteiger partial charge >= 0.3 is 0 Å². The average molecular weight is 198 g/mol. The topological polar surface area (TPSA) is 79.4 Å². The second-order valence-corrected chi connectivity index (χ2v) is 3.18. The summed E-state index contributed by atoms with van der Waals surface area (Å²) >= 11 is 1.34. The van der Waals surface area contributed by atoms with Crippen LogP contribution in [0.5, 0.6) is 0 Å². The lowest BCUT2D eigenvalue weighted by atomic mass is 10.6. The third-order valence-corrected chi connectivity index (χ3v) is 2.16. The van der Waals surface area contributed by atoms with E-state index in [-0.39, 0.29) is 0 Å². The molecular weight excluding hydrogens is 188 g/mol. The van der Waals surface area contributed by atoms with Crippen LogP contribution in [0.1, 0.15) is 0 Å². The number of nitrogens with one attached hydrogen (secondary N) is 1. The molecule has 0 unspecified atom stereocenters. The first-order valence-electron chi connectivity index (χ1n) is 3.79. The van der Waals surface area contributed by atoms with Gasteiger partial charge in [-0.25, -0.2) is 4.68 Å². The smallest absolute Gasteiger partial charge is 0.210 e. The van der Waals surface area contributed by atoms with Gasteiger partial charge in [-0.05, 0) is 17.5 Å². The summed E-state index contributed by atoms with van der Waals surface area (Å²) in [6.45, 7) is 1.53. The number of rotatable bonds is 5. The second-order valence-electron chi connectivity index (χ2n) is 2.23. The van der Waals surface area contributed by atoms with Gasteiger partial charge in [-0.2, -0.15) is 5.26 Å². The van der Waals surface area contributed by atoms with Gasteiger partial charge in [-0.1, -0.05) is 11.8 Å². The van der Waals surface area contributed by atoms with E-state index in [2.05, 4.69) is 20.8 Å². The quantitative estimate of drug-likeness (QED) is 0.643. The molecule has 0 saturated heterocycles. The molecule has 0 radical (unpaired) electrons. The summed E-state index contributed by atoms with van der Waals surface area (Å²) in [6.07, 6.45) is 0. The third-order valence-electron chi connectivity index (χ3n) is 1.34. The lowest BCUT2D eigenvalue weighted by Gasteiger charge is -2.00. The molecular formula is C6H10N6S. The fourth-order valence-electron chi connectivity index (χ4n) is 0.755. The summed E-state index contributed by atoms with van der Waals surface area (Å²) in [5, 5.41) is 23.2. The van der Waals surface area contributed by atoms with Crippen LogP contribution in [0.15, 0.2) is 5.16 Å². The van der Waals surface area contributed by atoms with Gasteiger partial charge in [0.05, 0.1) is 18.4 Å². The summed E-state index contributed by atoms with van der Waals surface area (Å²) < 4.78 is 1.68. The zero-order valence-corrected chi connectivity index (χ0v) is 8.08. The van der Waals surface area contributed by atoms with E-state index in [1.165, 1.54) is 11.8 Å². The number of hydrogen-bond acceptors (Lipinski definition) is 6. The van der Waals surface area contributed by atoms with Crippen LogP contribution in [-0.2, 0) is 6.54 Å². The van der Waals surface area contributed by atoms with Crippen molar-refractivity contribution in [2.45, 2.75) is 11.7 Å². The van der Waals surface area contributed by atoms with Crippen LogP contribution in [0, 0.1) is 11.3 Å². The molecule has 1 aromatic rings. The molecule has 13 heavy (non-hydrogen) atoms. The van der Waals surface area contributed by atoms with E-state index >= 15 is 0 Å². The minimum Gasteiger partial charge on any atom is -0.318 e. The van der Waals surface area contributed by atoms with Crippen molar-refractivity contribution in [2.24, 2.45) is 0 Å². The lowest BCUT2D eigenvalue weighted by molar-refractivity contribution is 0.530. The maximum Gasteiger partial charge on any atom is 0.210 e. The highest BCUT2D eigenvalue weighted by Crippen LogP contribution is 2.11. The molecule has 1 N–H and O–H groups in total. The van der Waals surface area contributed by atoms with Crippen molar-refractivity contribution in [3.8, 4) is 6.07 Å². The Bertz CT molecular complexity index is 290. The number of thioether (sulfide) groups is 1. The first kappa shape index (κ1) is 9.95. The third kappa shape index (κ3) is 3.01. The van der Waals surface area contributed by atoms with Crippen LogP contribution in [0.25, 0.3) is 0 Å². The molecule has 6 nitrogen and oxygen atoms in total. The SMILES string of the molecule is CNCCn1nnnc1SCC#N. The highest BCUT2D eigenvalue weighted by molar-refractivity contribution is 7.99. The molecule has 0 atom stereocenters. The zero-order valence-electron chi connectivity index (χ0n) is 7.27. The highest BCUT2D eigenvalue weighted by atomic mass is 32.2. The van der Waals surface area contributed by atoms with Gasteiger partial charge in [0.2, 0.25) is 5.16 Å². The number of nitriles is 1. The van der Waals surface area contributed by atoms with Gasteiger partial charge in [0, 0.05) is 6.54 Å². The predicted octanol–water partition coefficient (Wildman–Crippen LogP) is -0.492. The van der Waals surface area contributed by atoms with E-state index in [9.17, 15) is 0 Å². The Balaban J connectivity index is 2.51. The Morgan fingerprint density at radius 1 is 1.69 bits per heavy atom. The predicted molar refractivity (Wildman–Crippen MR) is 48.1 cm³/mol. The zero-order chi connectivity index (χ0) is 9.52. The molecule has 0 saturated carbocycles. The second kappa shape index (κ2) is 5.50. The van der Waals surface area contributed by atoms with Gasteiger partial charge in [-0.3, -0.25) is 0 Å². The fourth-order valence-corrected chi connectivity index (χ4v) is 1.32. The molecule has 0 aliphatic carbocycles. The summed E-state index contributed by atoms with van der Waals surface area (Å²) in [6, 6.07) is 2.03. The Kier molecular flexibility index (Phi) is 4.21. The van der Waals surface area contributed by atoms with E-state index in [0.29, 0.717) is 10.9 Å². The van der Waals surface area contributed by atoms with Crippen molar-refractivity contribution in [2.75, 3.05) is 19.3 Å². The number of likely N-dealkylation sites (N-methyl/N-ethyl adjacent to an activating group) is 1. The highest BCUT2D eigenvalue weighted by Gasteiger charge is 2.04. The first-order valence-corrected chi connectivity index (χ1v) is 4.77. The van der Waals surface area contributed by atoms with E-state index in [1.807, 2.05) is 13.1 Å².